The molecule has 0 radical (unpaired) electrons. The SMILES string of the molecule is CCSC(=[NH2+])C(C)NC(=O)OCC1c2ccccc2-c2ccccc21.[Cl-]. The summed E-state index contributed by atoms with van der Waals surface area (Å²) in [6, 6.07) is 16.4. The van der Waals surface area contributed by atoms with Gasteiger partial charge in [-0.1, -0.05) is 67.2 Å². The van der Waals surface area contributed by atoms with Crippen LogP contribution in [0.4, 0.5) is 4.79 Å². The summed E-state index contributed by atoms with van der Waals surface area (Å²) >= 11 is 1.53. The van der Waals surface area contributed by atoms with Crippen LogP contribution < -0.4 is 23.1 Å². The average molecular weight is 391 g/mol. The first kappa shape index (κ1) is 20.3. The predicted octanol–water partition coefficient (Wildman–Crippen LogP) is -0.172. The first-order valence-electron chi connectivity index (χ1n) is 8.48. The van der Waals surface area contributed by atoms with Gasteiger partial charge in [-0.05, 0) is 29.2 Å². The third-order valence-electron chi connectivity index (χ3n) is 4.42. The zero-order valence-corrected chi connectivity index (χ0v) is 16.4. The van der Waals surface area contributed by atoms with Crippen molar-refractivity contribution in [2.45, 2.75) is 25.8 Å². The number of carbonyl (C=O) groups is 1. The van der Waals surface area contributed by atoms with E-state index in [0.717, 1.165) is 5.75 Å². The molecule has 0 saturated carbocycles. The van der Waals surface area contributed by atoms with Crippen molar-refractivity contribution in [3.63, 3.8) is 0 Å². The highest BCUT2D eigenvalue weighted by atomic mass is 35.5. The van der Waals surface area contributed by atoms with Crippen LogP contribution >= 0.6 is 11.8 Å². The molecule has 26 heavy (non-hydrogen) atoms. The number of carbonyl (C=O) groups excluding carboxylic acids is 1. The van der Waals surface area contributed by atoms with Crippen molar-refractivity contribution in [3.05, 3.63) is 59.7 Å². The zero-order valence-electron chi connectivity index (χ0n) is 14.9. The quantitative estimate of drug-likeness (QED) is 0.550. The number of fused-ring (bicyclic) bond motifs is 3. The van der Waals surface area contributed by atoms with Crippen molar-refractivity contribution in [1.82, 2.24) is 5.32 Å². The fraction of sp³-hybridized carbons (Fsp3) is 0.300. The van der Waals surface area contributed by atoms with Gasteiger partial charge in [0, 0.05) is 11.7 Å². The standard InChI is InChI=1S/C20H22N2O2S.ClH/c1-3-25-19(21)13(2)22-20(23)24-12-18-16-10-6-4-8-14(16)15-9-5-7-11-17(15)18;/h4-11,13,18,21H,3,12H2,1-2H3,(H,22,23);1H. The molecule has 2 aromatic carbocycles. The van der Waals surface area contributed by atoms with E-state index in [1.165, 1.54) is 34.0 Å². The van der Waals surface area contributed by atoms with Crippen LogP contribution in [0.3, 0.4) is 0 Å². The smallest absolute Gasteiger partial charge is 0.407 e. The summed E-state index contributed by atoms with van der Waals surface area (Å²) in [5, 5.41) is 9.41. The van der Waals surface area contributed by atoms with Crippen molar-refractivity contribution in [2.24, 2.45) is 0 Å². The number of halogens is 1. The third kappa shape index (κ3) is 4.22. The molecule has 3 rings (SSSR count). The van der Waals surface area contributed by atoms with E-state index in [1.54, 1.807) is 0 Å². The minimum absolute atomic E-state index is 0. The van der Waals surface area contributed by atoms with Gasteiger partial charge < -0.3 is 22.5 Å². The first-order chi connectivity index (χ1) is 12.1. The zero-order chi connectivity index (χ0) is 17.8. The van der Waals surface area contributed by atoms with Gasteiger partial charge in [-0.15, -0.1) is 0 Å². The first-order valence-corrected chi connectivity index (χ1v) is 9.47. The Morgan fingerprint density at radius 3 is 2.23 bits per heavy atom. The minimum Gasteiger partial charge on any atom is -1.00 e. The lowest BCUT2D eigenvalue weighted by Gasteiger charge is -2.16. The Labute approximate surface area is 164 Å². The van der Waals surface area contributed by atoms with Crippen molar-refractivity contribution in [1.29, 1.82) is 0 Å². The van der Waals surface area contributed by atoms with Crippen LogP contribution in [0.5, 0.6) is 0 Å². The molecule has 0 aliphatic heterocycles. The van der Waals surface area contributed by atoms with E-state index < -0.39 is 6.09 Å². The molecule has 1 atom stereocenters. The van der Waals surface area contributed by atoms with Crippen molar-refractivity contribution < 1.29 is 27.3 Å². The van der Waals surface area contributed by atoms with Gasteiger partial charge in [0.1, 0.15) is 12.6 Å². The Morgan fingerprint density at radius 2 is 1.69 bits per heavy atom. The van der Waals surface area contributed by atoms with E-state index >= 15 is 0 Å². The molecule has 1 unspecified atom stereocenters. The Bertz CT molecular complexity index is 751. The Kier molecular flexibility index (Phi) is 7.12. The van der Waals surface area contributed by atoms with Crippen molar-refractivity contribution >= 4 is 22.9 Å². The number of hydrogen-bond donors (Lipinski definition) is 2. The second kappa shape index (κ2) is 9.10. The molecule has 4 nitrogen and oxygen atoms in total. The second-order valence-electron chi connectivity index (χ2n) is 6.03. The number of nitrogens with two attached hydrogens (primary N) is 1. The Balaban J connectivity index is 0.00000243. The van der Waals surface area contributed by atoms with Crippen LogP contribution in [-0.2, 0) is 4.74 Å². The molecule has 1 aliphatic rings. The third-order valence-corrected chi connectivity index (χ3v) is 5.39. The fourth-order valence-corrected chi connectivity index (χ4v) is 3.82. The van der Waals surface area contributed by atoms with E-state index in [0.29, 0.717) is 11.7 Å². The predicted molar refractivity (Wildman–Crippen MR) is 103 cm³/mol. The number of benzene rings is 2. The number of amides is 1. The highest BCUT2D eigenvalue weighted by molar-refractivity contribution is 8.13. The fourth-order valence-electron chi connectivity index (χ4n) is 3.18. The van der Waals surface area contributed by atoms with E-state index in [9.17, 15) is 4.79 Å². The van der Waals surface area contributed by atoms with E-state index in [4.69, 9.17) is 10.1 Å². The molecular formula is C20H23ClN2O2S. The highest BCUT2D eigenvalue weighted by Crippen LogP contribution is 2.44. The van der Waals surface area contributed by atoms with Crippen LogP contribution in [0.1, 0.15) is 30.9 Å². The number of alkyl carbamates (subject to hydrolysis) is 1. The van der Waals surface area contributed by atoms with Gasteiger partial charge in [0.25, 0.3) is 0 Å². The normalized spacial score (nSPS) is 13.2. The second-order valence-corrected chi connectivity index (χ2v) is 7.36. The summed E-state index contributed by atoms with van der Waals surface area (Å²) in [6.07, 6.45) is -0.436. The molecule has 0 fully saturated rings. The molecule has 6 heteroatoms. The molecular weight excluding hydrogens is 368 g/mol. The summed E-state index contributed by atoms with van der Waals surface area (Å²) in [7, 11) is 0. The number of hydrogen-bond acceptors (Lipinski definition) is 3. The van der Waals surface area contributed by atoms with E-state index in [-0.39, 0.29) is 24.4 Å². The van der Waals surface area contributed by atoms with Gasteiger partial charge in [-0.25, -0.2) is 4.79 Å². The number of rotatable bonds is 5. The highest BCUT2D eigenvalue weighted by Gasteiger charge is 2.29. The molecule has 0 heterocycles. The summed E-state index contributed by atoms with van der Waals surface area (Å²) in [6.45, 7) is 4.20. The van der Waals surface area contributed by atoms with Gasteiger partial charge in [-0.3, -0.25) is 5.41 Å². The minimum atomic E-state index is -0.436. The van der Waals surface area contributed by atoms with Crippen LogP contribution in [0.15, 0.2) is 48.5 Å². The molecule has 1 amide bonds. The topological polar surface area (TPSA) is 63.9 Å². The lowest BCUT2D eigenvalue weighted by Crippen LogP contribution is -3.00. The van der Waals surface area contributed by atoms with Gasteiger partial charge in [0.2, 0.25) is 5.04 Å². The number of ether oxygens (including phenoxy) is 1. The van der Waals surface area contributed by atoms with Crippen LogP contribution in [0.25, 0.3) is 11.1 Å². The Hall–Kier alpha value is -1.98. The molecule has 3 N–H and O–H groups in total. The van der Waals surface area contributed by atoms with Crippen molar-refractivity contribution in [3.8, 4) is 11.1 Å². The van der Waals surface area contributed by atoms with Crippen LogP contribution in [-0.4, -0.2) is 29.5 Å². The summed E-state index contributed by atoms with van der Waals surface area (Å²) < 4.78 is 5.51. The maximum Gasteiger partial charge on any atom is 0.407 e. The average Bonchev–Trinajstić information content (AvgIpc) is 2.94. The van der Waals surface area contributed by atoms with E-state index in [2.05, 4.69) is 29.6 Å². The molecule has 138 valence electrons. The lowest BCUT2D eigenvalue weighted by molar-refractivity contribution is -0.112. The largest absolute Gasteiger partial charge is 1.00 e. The Morgan fingerprint density at radius 1 is 1.15 bits per heavy atom. The number of nitrogens with one attached hydrogen (secondary N) is 1. The maximum absolute atomic E-state index is 12.1. The molecule has 1 aliphatic carbocycles. The van der Waals surface area contributed by atoms with Gasteiger partial charge in [0.15, 0.2) is 0 Å². The van der Waals surface area contributed by atoms with Gasteiger partial charge >= 0.3 is 6.09 Å². The summed E-state index contributed by atoms with van der Waals surface area (Å²) in [5.41, 5.74) is 4.85. The summed E-state index contributed by atoms with van der Waals surface area (Å²) in [4.78, 5) is 12.1. The van der Waals surface area contributed by atoms with Crippen LogP contribution in [0, 0.1) is 0 Å². The lowest BCUT2D eigenvalue weighted by atomic mass is 9.98. The molecule has 0 spiro atoms. The van der Waals surface area contributed by atoms with Crippen molar-refractivity contribution in [2.75, 3.05) is 12.4 Å². The molecule has 0 saturated heterocycles. The molecule has 0 bridgehead atoms. The molecule has 0 aromatic heterocycles. The molecule has 2 aromatic rings. The van der Waals surface area contributed by atoms with Crippen LogP contribution in [0.2, 0.25) is 0 Å². The monoisotopic (exact) mass is 390 g/mol. The van der Waals surface area contributed by atoms with Gasteiger partial charge in [0.05, 0.1) is 0 Å². The van der Waals surface area contributed by atoms with Gasteiger partial charge in [-0.2, -0.15) is 0 Å². The van der Waals surface area contributed by atoms with E-state index in [1.807, 2.05) is 38.1 Å². The summed E-state index contributed by atoms with van der Waals surface area (Å²) in [5.74, 6) is 0.947. The number of thioether (sulfide) groups is 1. The maximum atomic E-state index is 12.1.